The molecule has 2 N–H and O–H groups in total. The largest absolute Gasteiger partial charge is 0.347 e. The number of aryl methyl sites for hydroxylation is 1. The normalized spacial score (nSPS) is 13.1. The Bertz CT molecular complexity index is 1840. The van der Waals surface area contributed by atoms with E-state index in [-0.39, 0.29) is 45.2 Å². The molecule has 4 amide bonds. The van der Waals surface area contributed by atoms with Crippen LogP contribution in [0.2, 0.25) is 10.2 Å². The van der Waals surface area contributed by atoms with E-state index in [9.17, 15) is 19.6 Å². The Balaban J connectivity index is 1.51. The third-order valence-corrected chi connectivity index (χ3v) is 7.36. The molecule has 0 saturated carbocycles. The molecule has 230 valence electrons. The van der Waals surface area contributed by atoms with Crippen LogP contribution in [0.4, 0.5) is 16.3 Å². The van der Waals surface area contributed by atoms with Gasteiger partial charge in [0.2, 0.25) is 0 Å². The molecule has 1 aliphatic rings. The summed E-state index contributed by atoms with van der Waals surface area (Å²) in [7, 11) is 0. The highest BCUT2D eigenvalue weighted by Crippen LogP contribution is 2.29. The van der Waals surface area contributed by atoms with Gasteiger partial charge in [0.15, 0.2) is 11.6 Å². The summed E-state index contributed by atoms with van der Waals surface area (Å²) in [4.78, 5) is 52.2. The van der Waals surface area contributed by atoms with Crippen LogP contribution in [0.15, 0.2) is 54.9 Å². The fraction of sp³-hybridized carbons (Fsp3) is 0.258. The summed E-state index contributed by atoms with van der Waals surface area (Å²) >= 11 is 12.4. The number of hydrogen-bond acceptors (Lipinski definition) is 7. The van der Waals surface area contributed by atoms with Crippen molar-refractivity contribution in [3.8, 4) is 11.9 Å². The van der Waals surface area contributed by atoms with Gasteiger partial charge in [-0.1, -0.05) is 29.3 Å². The van der Waals surface area contributed by atoms with E-state index in [1.165, 1.54) is 27.9 Å². The molecule has 14 heteroatoms. The molecule has 1 saturated heterocycles. The van der Waals surface area contributed by atoms with Crippen molar-refractivity contribution >= 4 is 52.6 Å². The number of urea groups is 1. The Hall–Kier alpha value is -4.99. The van der Waals surface area contributed by atoms with Gasteiger partial charge >= 0.3 is 6.03 Å². The van der Waals surface area contributed by atoms with Crippen LogP contribution in [0.3, 0.4) is 0 Å². The first-order chi connectivity index (χ1) is 21.3. The molecule has 0 atom stereocenters. The highest BCUT2D eigenvalue weighted by atomic mass is 35.5. The molecule has 1 aromatic carbocycles. The number of pyridine rings is 2. The number of halogens is 2. The Morgan fingerprint density at radius 3 is 2.51 bits per heavy atom. The molecule has 0 radical (unpaired) electrons. The van der Waals surface area contributed by atoms with Gasteiger partial charge in [0.25, 0.3) is 11.8 Å². The smallest absolute Gasteiger partial charge is 0.326 e. The van der Waals surface area contributed by atoms with Crippen molar-refractivity contribution in [3.63, 3.8) is 0 Å². The maximum Gasteiger partial charge on any atom is 0.326 e. The van der Waals surface area contributed by atoms with Crippen molar-refractivity contribution in [1.29, 1.82) is 5.26 Å². The summed E-state index contributed by atoms with van der Waals surface area (Å²) in [5.41, 5.74) is 1.38. The minimum atomic E-state index is -0.635. The average Bonchev–Trinajstić information content (AvgIpc) is 3.58. The molecule has 0 spiro atoms. The first kappa shape index (κ1) is 31.4. The summed E-state index contributed by atoms with van der Waals surface area (Å²) in [6.45, 7) is 8.22. The van der Waals surface area contributed by atoms with Crippen LogP contribution < -0.4 is 15.5 Å². The number of anilines is 2. The van der Waals surface area contributed by atoms with Gasteiger partial charge in [0, 0.05) is 43.6 Å². The van der Waals surface area contributed by atoms with Crippen molar-refractivity contribution in [2.75, 3.05) is 23.3 Å². The number of nitrogens with zero attached hydrogens (tertiary/aromatic N) is 7. The fourth-order valence-electron chi connectivity index (χ4n) is 4.80. The van der Waals surface area contributed by atoms with Crippen LogP contribution >= 0.6 is 23.2 Å². The molecule has 45 heavy (non-hydrogen) atoms. The van der Waals surface area contributed by atoms with Crippen LogP contribution in [0.1, 0.15) is 58.3 Å². The molecule has 1 fully saturated rings. The van der Waals surface area contributed by atoms with Gasteiger partial charge < -0.3 is 15.5 Å². The molecule has 4 aromatic rings. The van der Waals surface area contributed by atoms with E-state index in [4.69, 9.17) is 23.2 Å². The zero-order valence-corrected chi connectivity index (χ0v) is 26.4. The molecule has 12 nitrogen and oxygen atoms in total. The maximum absolute atomic E-state index is 14.0. The Labute approximate surface area is 269 Å². The second-order valence-corrected chi connectivity index (χ2v) is 12.2. The first-order valence-corrected chi connectivity index (χ1v) is 14.7. The van der Waals surface area contributed by atoms with E-state index in [0.717, 1.165) is 5.56 Å². The highest BCUT2D eigenvalue weighted by molar-refractivity contribution is 6.32. The number of rotatable bonds is 7. The standard InChI is InChI=1S/C31H29Cl2N9O3/c1-18-12-20(15-34)13-21(28(43)38-31(2,3)4)26(18)37-29(44)23-14-25(39-42(23)27-22(32)6-5-9-35-27)41-11-10-40(30(41)45)17-19-7-8-24(33)36-16-19/h5-9,12-14,16H,10-11,17H2,1-4H3,(H,37,44)(H,38,43). The SMILES string of the molecule is Cc1cc(C#N)cc(C(=O)NC(C)(C)C)c1NC(=O)c1cc(N2CCN(Cc3ccc(Cl)nc3)C2=O)nn1-c1ncccc1Cl. The van der Waals surface area contributed by atoms with E-state index in [2.05, 4.69) is 31.8 Å². The van der Waals surface area contributed by atoms with Crippen molar-refractivity contribution in [2.45, 2.75) is 39.8 Å². The van der Waals surface area contributed by atoms with E-state index in [1.807, 2.05) is 20.8 Å². The predicted octanol–water partition coefficient (Wildman–Crippen LogP) is 5.37. The molecule has 0 unspecified atom stereocenters. The number of carbonyl (C=O) groups is 3. The molecule has 0 aliphatic carbocycles. The first-order valence-electron chi connectivity index (χ1n) is 13.9. The predicted molar refractivity (Wildman–Crippen MR) is 170 cm³/mol. The lowest BCUT2D eigenvalue weighted by Gasteiger charge is -2.22. The van der Waals surface area contributed by atoms with E-state index in [1.54, 1.807) is 48.4 Å². The summed E-state index contributed by atoms with van der Waals surface area (Å²) in [6.07, 6.45) is 3.12. The van der Waals surface area contributed by atoms with Crippen molar-refractivity contribution in [1.82, 2.24) is 30.0 Å². The minimum absolute atomic E-state index is 0.0182. The Morgan fingerprint density at radius 2 is 1.84 bits per heavy atom. The molecule has 1 aliphatic heterocycles. The Morgan fingerprint density at radius 1 is 1.07 bits per heavy atom. The number of nitrogens with one attached hydrogen (secondary N) is 2. The van der Waals surface area contributed by atoms with Crippen molar-refractivity contribution in [3.05, 3.63) is 93.0 Å². The fourth-order valence-corrected chi connectivity index (χ4v) is 5.11. The van der Waals surface area contributed by atoms with Crippen LogP contribution in [0.25, 0.3) is 5.82 Å². The number of amides is 4. The zero-order valence-electron chi connectivity index (χ0n) is 24.9. The van der Waals surface area contributed by atoms with E-state index >= 15 is 0 Å². The van der Waals surface area contributed by atoms with Crippen LogP contribution in [-0.2, 0) is 6.54 Å². The van der Waals surface area contributed by atoms with Crippen LogP contribution in [0.5, 0.6) is 0 Å². The Kier molecular flexibility index (Phi) is 8.77. The third-order valence-electron chi connectivity index (χ3n) is 6.84. The second-order valence-electron chi connectivity index (χ2n) is 11.4. The minimum Gasteiger partial charge on any atom is -0.347 e. The number of aromatic nitrogens is 4. The van der Waals surface area contributed by atoms with E-state index in [0.29, 0.717) is 30.4 Å². The number of benzene rings is 1. The summed E-state index contributed by atoms with van der Waals surface area (Å²) in [6, 6.07) is 12.9. The molecular formula is C31H29Cl2N9O3. The number of hydrogen-bond donors (Lipinski definition) is 2. The van der Waals surface area contributed by atoms with Crippen molar-refractivity contribution < 1.29 is 14.4 Å². The monoisotopic (exact) mass is 645 g/mol. The lowest BCUT2D eigenvalue weighted by Crippen LogP contribution is -2.41. The summed E-state index contributed by atoms with van der Waals surface area (Å²) in [5, 5.41) is 20.4. The number of nitriles is 1. The molecular weight excluding hydrogens is 617 g/mol. The third kappa shape index (κ3) is 6.90. The molecule has 0 bridgehead atoms. The second kappa shape index (κ2) is 12.6. The molecule has 5 rings (SSSR count). The van der Waals surface area contributed by atoms with Gasteiger partial charge in [-0.05, 0) is 69.2 Å². The van der Waals surface area contributed by atoms with Crippen LogP contribution in [-0.4, -0.2) is 61.1 Å². The highest BCUT2D eigenvalue weighted by Gasteiger charge is 2.33. The van der Waals surface area contributed by atoms with Gasteiger partial charge in [-0.2, -0.15) is 5.26 Å². The van der Waals surface area contributed by atoms with Gasteiger partial charge in [-0.25, -0.2) is 19.4 Å². The lowest BCUT2D eigenvalue weighted by atomic mass is 10.0. The zero-order chi connectivity index (χ0) is 32.5. The van der Waals surface area contributed by atoms with E-state index < -0.39 is 17.4 Å². The molecule has 4 heterocycles. The average molecular weight is 647 g/mol. The lowest BCUT2D eigenvalue weighted by molar-refractivity contribution is 0.0920. The van der Waals surface area contributed by atoms with Gasteiger partial charge in [0.1, 0.15) is 10.8 Å². The van der Waals surface area contributed by atoms with Gasteiger partial charge in [0.05, 0.1) is 27.9 Å². The molecule has 3 aromatic heterocycles. The quantitative estimate of drug-likeness (QED) is 0.256. The topological polar surface area (TPSA) is 149 Å². The summed E-state index contributed by atoms with van der Waals surface area (Å²) < 4.78 is 1.26. The van der Waals surface area contributed by atoms with Crippen LogP contribution in [0, 0.1) is 18.3 Å². The summed E-state index contributed by atoms with van der Waals surface area (Å²) in [5.74, 6) is -0.707. The number of carbonyl (C=O) groups excluding carboxylic acids is 3. The maximum atomic E-state index is 14.0. The van der Waals surface area contributed by atoms with Crippen molar-refractivity contribution in [2.24, 2.45) is 0 Å². The van der Waals surface area contributed by atoms with Gasteiger partial charge in [-0.15, -0.1) is 5.10 Å². The van der Waals surface area contributed by atoms with Gasteiger partial charge in [-0.3, -0.25) is 14.5 Å².